The molecule has 0 fully saturated rings. The van der Waals surface area contributed by atoms with Gasteiger partial charge in [0.05, 0.1) is 5.56 Å². The number of alkyl halides is 3. The van der Waals surface area contributed by atoms with Crippen LogP contribution in [0.1, 0.15) is 58.1 Å². The van der Waals surface area contributed by atoms with Crippen molar-refractivity contribution >= 4 is 27.2 Å². The molecule has 3 rings (SSSR count). The molecule has 0 atom stereocenters. The maximum atomic E-state index is 13.1. The number of rotatable bonds is 7. The van der Waals surface area contributed by atoms with Gasteiger partial charge in [0.15, 0.2) is 5.78 Å². The van der Waals surface area contributed by atoms with Gasteiger partial charge in [-0.15, -0.1) is 11.3 Å². The lowest BCUT2D eigenvalue weighted by atomic mass is 9.99. The van der Waals surface area contributed by atoms with Crippen molar-refractivity contribution in [1.29, 1.82) is 0 Å². The van der Waals surface area contributed by atoms with E-state index in [2.05, 4.69) is 13.0 Å². The number of Topliss-reactive ketones (excluding diaryl/α,β-unsaturated/α-hetero) is 1. The van der Waals surface area contributed by atoms with Crippen molar-refractivity contribution in [3.05, 3.63) is 69.6 Å². The molecule has 1 nitrogen and oxygen atoms in total. The van der Waals surface area contributed by atoms with Crippen molar-refractivity contribution in [2.45, 2.75) is 52.1 Å². The van der Waals surface area contributed by atoms with Gasteiger partial charge >= 0.3 is 6.18 Å². The summed E-state index contributed by atoms with van der Waals surface area (Å²) in [7, 11) is 0. The van der Waals surface area contributed by atoms with Crippen molar-refractivity contribution in [3.63, 3.8) is 0 Å². The number of halogens is 3. The summed E-state index contributed by atoms with van der Waals surface area (Å²) in [5, 5.41) is 0.885. The number of fused-ring (bicyclic) bond motifs is 1. The van der Waals surface area contributed by atoms with E-state index in [0.29, 0.717) is 23.1 Å². The Kier molecular flexibility index (Phi) is 6.23. The van der Waals surface area contributed by atoms with Crippen molar-refractivity contribution in [2.24, 2.45) is 0 Å². The predicted octanol–water partition coefficient (Wildman–Crippen LogP) is 7.19. The number of hydrogen-bond acceptors (Lipinski definition) is 2. The highest BCUT2D eigenvalue weighted by molar-refractivity contribution is 7.19. The Hall–Kier alpha value is -2.14. The van der Waals surface area contributed by atoms with Gasteiger partial charge in [0.1, 0.15) is 0 Å². The first-order valence-electron chi connectivity index (χ1n) is 9.43. The van der Waals surface area contributed by atoms with E-state index in [1.54, 1.807) is 12.1 Å². The number of aryl methyl sites for hydroxylation is 3. The molecule has 1 radical (unpaired) electrons. The van der Waals surface area contributed by atoms with Crippen LogP contribution < -0.4 is 0 Å². The van der Waals surface area contributed by atoms with E-state index < -0.39 is 11.7 Å². The van der Waals surface area contributed by atoms with E-state index in [1.807, 2.05) is 19.1 Å². The third kappa shape index (κ3) is 4.64. The molecule has 1 heterocycles. The average Bonchev–Trinajstić information content (AvgIpc) is 3.00. The van der Waals surface area contributed by atoms with Crippen molar-refractivity contribution in [3.8, 4) is 0 Å². The first-order valence-corrected chi connectivity index (χ1v) is 10.2. The lowest BCUT2D eigenvalue weighted by molar-refractivity contribution is -0.137. The molecular weight excluding hydrogens is 381 g/mol. The van der Waals surface area contributed by atoms with E-state index in [9.17, 15) is 18.0 Å². The molecule has 0 aliphatic carbocycles. The van der Waals surface area contributed by atoms with Crippen LogP contribution in [-0.2, 0) is 19.0 Å². The summed E-state index contributed by atoms with van der Waals surface area (Å²) >= 11 is 1.38. The van der Waals surface area contributed by atoms with E-state index in [4.69, 9.17) is 0 Å². The number of hydrogen-bond donors (Lipinski definition) is 0. The monoisotopic (exact) mass is 403 g/mol. The maximum Gasteiger partial charge on any atom is 0.416 e. The lowest BCUT2D eigenvalue weighted by Crippen LogP contribution is -2.04. The Bertz CT molecular complexity index is 985. The molecule has 1 aromatic heterocycles. The SMILES string of the molecule is CCCCc1c(CCC(=O)c2[c]c(C)ccc2)sc2cc(C(F)(F)F)ccc12. The number of carbonyl (C=O) groups excluding carboxylic acids is 1. The van der Waals surface area contributed by atoms with Gasteiger partial charge in [-0.05, 0) is 60.9 Å². The van der Waals surface area contributed by atoms with Crippen LogP contribution in [0.25, 0.3) is 10.1 Å². The Morgan fingerprint density at radius 1 is 1.14 bits per heavy atom. The summed E-state index contributed by atoms with van der Waals surface area (Å²) in [6.07, 6.45) is -0.673. The predicted molar refractivity (Wildman–Crippen MR) is 108 cm³/mol. The fourth-order valence-corrected chi connectivity index (χ4v) is 4.61. The molecule has 28 heavy (non-hydrogen) atoms. The average molecular weight is 403 g/mol. The highest BCUT2D eigenvalue weighted by Crippen LogP contribution is 2.38. The highest BCUT2D eigenvalue weighted by Gasteiger charge is 2.31. The topological polar surface area (TPSA) is 17.1 Å². The molecule has 0 aliphatic heterocycles. The molecule has 0 unspecified atom stereocenters. The minimum Gasteiger partial charge on any atom is -0.294 e. The Morgan fingerprint density at radius 2 is 1.93 bits per heavy atom. The van der Waals surface area contributed by atoms with E-state index in [0.717, 1.165) is 46.7 Å². The van der Waals surface area contributed by atoms with Crippen LogP contribution in [0.4, 0.5) is 13.2 Å². The minimum atomic E-state index is -4.35. The molecule has 0 saturated carbocycles. The minimum absolute atomic E-state index is 0.0126. The van der Waals surface area contributed by atoms with Gasteiger partial charge in [0.25, 0.3) is 0 Å². The zero-order valence-electron chi connectivity index (χ0n) is 16.0. The van der Waals surface area contributed by atoms with Crippen molar-refractivity contribution < 1.29 is 18.0 Å². The molecular formula is C23H22F3OS. The third-order valence-corrected chi connectivity index (χ3v) is 6.06. The molecule has 0 saturated heterocycles. The second kappa shape index (κ2) is 8.48. The van der Waals surface area contributed by atoms with Crippen LogP contribution in [0.3, 0.4) is 0 Å². The molecule has 0 aliphatic rings. The normalized spacial score (nSPS) is 11.9. The van der Waals surface area contributed by atoms with E-state index in [1.165, 1.54) is 17.4 Å². The second-order valence-corrected chi connectivity index (χ2v) is 8.12. The standard InChI is InChI=1S/C23H22F3OS/c1-3-4-8-18-19-10-9-17(23(24,25)26)14-22(19)28-21(18)12-11-20(27)16-7-5-6-15(2)13-16/h5-7,9-10,14H,3-4,8,11-12H2,1-2H3. The molecule has 3 aromatic rings. The molecule has 0 spiro atoms. The van der Waals surface area contributed by atoms with Crippen LogP contribution in [0.2, 0.25) is 0 Å². The Balaban J connectivity index is 1.88. The number of thiophene rings is 1. The lowest BCUT2D eigenvalue weighted by Gasteiger charge is -2.07. The van der Waals surface area contributed by atoms with Crippen LogP contribution in [0.15, 0.2) is 36.4 Å². The Morgan fingerprint density at radius 3 is 2.61 bits per heavy atom. The first-order chi connectivity index (χ1) is 13.3. The fraction of sp³-hybridized carbons (Fsp3) is 0.348. The maximum absolute atomic E-state index is 13.1. The smallest absolute Gasteiger partial charge is 0.294 e. The highest BCUT2D eigenvalue weighted by atomic mass is 32.1. The zero-order valence-corrected chi connectivity index (χ0v) is 16.8. The molecule has 0 bridgehead atoms. The van der Waals surface area contributed by atoms with Gasteiger partial charge in [0, 0.05) is 21.6 Å². The number of carbonyl (C=O) groups is 1. The summed E-state index contributed by atoms with van der Waals surface area (Å²) in [4.78, 5) is 13.5. The van der Waals surface area contributed by atoms with Crippen LogP contribution in [-0.4, -0.2) is 5.78 Å². The van der Waals surface area contributed by atoms with Crippen molar-refractivity contribution in [2.75, 3.05) is 0 Å². The van der Waals surface area contributed by atoms with Gasteiger partial charge in [-0.25, -0.2) is 0 Å². The summed E-state index contributed by atoms with van der Waals surface area (Å²) < 4.78 is 39.8. The van der Waals surface area contributed by atoms with E-state index >= 15 is 0 Å². The van der Waals surface area contributed by atoms with Gasteiger partial charge in [0.2, 0.25) is 0 Å². The number of unbranched alkanes of at least 4 members (excludes halogenated alkanes) is 1. The molecule has 0 N–H and O–H groups in total. The van der Waals surface area contributed by atoms with E-state index in [-0.39, 0.29) is 5.78 Å². The number of benzene rings is 2. The summed E-state index contributed by atoms with van der Waals surface area (Å²) in [5.74, 6) is 0.0126. The zero-order chi connectivity index (χ0) is 20.3. The second-order valence-electron chi connectivity index (χ2n) is 6.99. The summed E-state index contributed by atoms with van der Waals surface area (Å²) in [6.45, 7) is 3.98. The van der Waals surface area contributed by atoms with Crippen LogP contribution in [0, 0.1) is 13.0 Å². The molecule has 5 heteroatoms. The summed E-state index contributed by atoms with van der Waals surface area (Å²) in [5.41, 5.74) is 1.95. The number of ketones is 1. The largest absolute Gasteiger partial charge is 0.416 e. The third-order valence-electron chi connectivity index (χ3n) is 4.80. The van der Waals surface area contributed by atoms with Gasteiger partial charge in [-0.1, -0.05) is 37.6 Å². The first kappa shape index (κ1) is 20.6. The Labute approximate surface area is 167 Å². The van der Waals surface area contributed by atoms with Gasteiger partial charge in [-0.2, -0.15) is 13.2 Å². The van der Waals surface area contributed by atoms with Gasteiger partial charge in [-0.3, -0.25) is 4.79 Å². The molecule has 0 amide bonds. The van der Waals surface area contributed by atoms with Gasteiger partial charge < -0.3 is 0 Å². The van der Waals surface area contributed by atoms with Crippen LogP contribution in [0.5, 0.6) is 0 Å². The molecule has 147 valence electrons. The summed E-state index contributed by atoms with van der Waals surface area (Å²) in [6, 6.07) is 12.5. The quantitative estimate of drug-likeness (QED) is 0.382. The van der Waals surface area contributed by atoms with Crippen molar-refractivity contribution in [1.82, 2.24) is 0 Å². The fourth-order valence-electron chi connectivity index (χ4n) is 3.32. The van der Waals surface area contributed by atoms with Crippen LogP contribution >= 0.6 is 11.3 Å². The molecule has 2 aromatic carbocycles.